The summed E-state index contributed by atoms with van der Waals surface area (Å²) < 4.78 is 0. The summed E-state index contributed by atoms with van der Waals surface area (Å²) in [4.78, 5) is 0. The van der Waals surface area contributed by atoms with Crippen LogP contribution in [-0.4, -0.2) is 5.25 Å². The molecule has 0 bridgehead atoms. The predicted octanol–water partition coefficient (Wildman–Crippen LogP) is 1.62. The van der Waals surface area contributed by atoms with E-state index in [4.69, 9.17) is 0 Å². The molecule has 0 aliphatic heterocycles. The van der Waals surface area contributed by atoms with Crippen molar-refractivity contribution in [1.82, 2.24) is 0 Å². The molecule has 0 fully saturated rings. The van der Waals surface area contributed by atoms with Gasteiger partial charge in [0.2, 0.25) is 0 Å². The fourth-order valence-corrected chi connectivity index (χ4v) is 0.683. The van der Waals surface area contributed by atoms with E-state index in [0.717, 1.165) is 0 Å². The number of hydrogen-bond acceptors (Lipinski definition) is 1. The van der Waals surface area contributed by atoms with Crippen LogP contribution in [-0.2, 0) is 0 Å². The van der Waals surface area contributed by atoms with Crippen LogP contribution < -0.4 is 0 Å². The van der Waals surface area contributed by atoms with E-state index >= 15 is 0 Å². The maximum Gasteiger partial charge on any atom is 0.125 e. The molecule has 0 unspecified atom stereocenters. The molecule has 7 heavy (non-hydrogen) atoms. The Morgan fingerprint density at radius 1 is 1.29 bits per heavy atom. The Labute approximate surface area is 49.3 Å². The highest BCUT2D eigenvalue weighted by molar-refractivity contribution is 7.81. The highest BCUT2D eigenvalue weighted by Crippen LogP contribution is 2.04. The maximum atomic E-state index is 4.17. The number of thiol groups is 1. The van der Waals surface area contributed by atoms with Crippen LogP contribution in [0.1, 0.15) is 0 Å². The molecule has 1 heteroatoms. The smallest absolute Gasteiger partial charge is 0.125 e. The van der Waals surface area contributed by atoms with Crippen molar-refractivity contribution in [2.24, 2.45) is 0 Å². The van der Waals surface area contributed by atoms with Gasteiger partial charge in [0.15, 0.2) is 0 Å². The van der Waals surface area contributed by atoms with E-state index in [1.165, 1.54) is 0 Å². The molecule has 0 nitrogen and oxygen atoms in total. The van der Waals surface area contributed by atoms with E-state index in [9.17, 15) is 0 Å². The summed E-state index contributed by atoms with van der Waals surface area (Å²) in [5, 5.41) is 0.338. The van der Waals surface area contributed by atoms with Crippen LogP contribution in [0.5, 0.6) is 0 Å². The lowest BCUT2D eigenvalue weighted by atomic mass is 10.2. The molecule has 0 spiro atoms. The van der Waals surface area contributed by atoms with Crippen LogP contribution in [0.3, 0.4) is 0 Å². The molecular formula is C6H7S+. The molecule has 0 radical (unpaired) electrons. The highest BCUT2D eigenvalue weighted by atomic mass is 32.1. The molecule has 0 saturated carbocycles. The Kier molecular flexibility index (Phi) is 1.47. The van der Waals surface area contributed by atoms with Gasteiger partial charge in [-0.3, -0.25) is 0 Å². The van der Waals surface area contributed by atoms with Crippen molar-refractivity contribution < 1.29 is 0 Å². The number of hydrogen-bond donors (Lipinski definition) is 1. The van der Waals surface area contributed by atoms with E-state index < -0.39 is 0 Å². The molecule has 1 aliphatic carbocycles. The third-order valence-corrected chi connectivity index (χ3v) is 1.18. The molecule has 0 aromatic carbocycles. The highest BCUT2D eigenvalue weighted by Gasteiger charge is 2.00. The lowest BCUT2D eigenvalue weighted by Gasteiger charge is -1.90. The minimum atomic E-state index is 0.338. The third kappa shape index (κ3) is 1.32. The van der Waals surface area contributed by atoms with Gasteiger partial charge in [-0.15, -0.1) is 12.6 Å². The zero-order valence-electron chi connectivity index (χ0n) is 3.91. The SMILES string of the molecule is SC1C=C[CH+]C=C1. The first-order chi connectivity index (χ1) is 3.39. The van der Waals surface area contributed by atoms with Gasteiger partial charge >= 0.3 is 0 Å². The molecule has 0 heterocycles. The van der Waals surface area contributed by atoms with Gasteiger partial charge in [0.05, 0.1) is 0 Å². The Morgan fingerprint density at radius 2 is 1.86 bits per heavy atom. The normalized spacial score (nSPS) is 19.6. The van der Waals surface area contributed by atoms with Crippen molar-refractivity contribution in [2.45, 2.75) is 5.25 Å². The van der Waals surface area contributed by atoms with Gasteiger partial charge in [-0.05, 0) is 0 Å². The van der Waals surface area contributed by atoms with Crippen LogP contribution in [0, 0.1) is 6.42 Å². The van der Waals surface area contributed by atoms with Crippen LogP contribution in [0.2, 0.25) is 0 Å². The molecule has 36 valence electrons. The summed E-state index contributed by atoms with van der Waals surface area (Å²) in [7, 11) is 0. The second kappa shape index (κ2) is 2.12. The second-order valence-corrected chi connectivity index (χ2v) is 2.05. The lowest BCUT2D eigenvalue weighted by Crippen LogP contribution is -1.89. The average Bonchev–Trinajstić information content (AvgIpc) is 1.69. The van der Waals surface area contributed by atoms with Crippen molar-refractivity contribution >= 4 is 12.6 Å². The summed E-state index contributed by atoms with van der Waals surface area (Å²) in [6.45, 7) is 0. The second-order valence-electron chi connectivity index (χ2n) is 1.45. The third-order valence-electron chi connectivity index (χ3n) is 0.839. The van der Waals surface area contributed by atoms with Crippen molar-refractivity contribution in [3.63, 3.8) is 0 Å². The molecule has 0 aromatic rings. The van der Waals surface area contributed by atoms with Gasteiger partial charge in [-0.2, -0.15) is 0 Å². The first kappa shape index (κ1) is 4.85. The number of allylic oxidation sites excluding steroid dienone is 2. The van der Waals surface area contributed by atoms with Gasteiger partial charge in [-0.25, -0.2) is 0 Å². The van der Waals surface area contributed by atoms with E-state index in [1.54, 1.807) is 0 Å². The summed E-state index contributed by atoms with van der Waals surface area (Å²) in [6, 6.07) is 0. The van der Waals surface area contributed by atoms with Crippen molar-refractivity contribution in [3.8, 4) is 0 Å². The first-order valence-corrected chi connectivity index (χ1v) is 2.77. The Balaban J connectivity index is 2.49. The fourth-order valence-electron chi connectivity index (χ4n) is 0.484. The van der Waals surface area contributed by atoms with Gasteiger partial charge in [0, 0.05) is 30.7 Å². The van der Waals surface area contributed by atoms with Crippen LogP contribution >= 0.6 is 12.6 Å². The van der Waals surface area contributed by atoms with Gasteiger partial charge < -0.3 is 0 Å². The molecule has 0 aromatic heterocycles. The monoisotopic (exact) mass is 111 g/mol. The molecule has 0 saturated heterocycles. The van der Waals surface area contributed by atoms with Crippen molar-refractivity contribution in [3.05, 3.63) is 30.7 Å². The maximum absolute atomic E-state index is 4.17. The molecule has 1 aliphatic rings. The molecule has 1 rings (SSSR count). The van der Waals surface area contributed by atoms with Gasteiger partial charge in [-0.1, -0.05) is 0 Å². The van der Waals surface area contributed by atoms with E-state index in [-0.39, 0.29) is 0 Å². The predicted molar refractivity (Wildman–Crippen MR) is 35.4 cm³/mol. The topological polar surface area (TPSA) is 0 Å². The Bertz CT molecular complexity index is 90.7. The van der Waals surface area contributed by atoms with Crippen LogP contribution in [0.15, 0.2) is 24.3 Å². The van der Waals surface area contributed by atoms with E-state index in [1.807, 2.05) is 30.7 Å². The standard InChI is InChI=1S/C6H6S/c7-6-4-2-1-3-5-6/h1-6H/p+1. The van der Waals surface area contributed by atoms with Gasteiger partial charge in [0.1, 0.15) is 5.25 Å². The zero-order valence-corrected chi connectivity index (χ0v) is 4.81. The largest absolute Gasteiger partial charge is 0.140 e. The van der Waals surface area contributed by atoms with E-state index in [2.05, 4.69) is 12.6 Å². The van der Waals surface area contributed by atoms with Crippen LogP contribution in [0.25, 0.3) is 0 Å². The van der Waals surface area contributed by atoms with Gasteiger partial charge in [0.25, 0.3) is 0 Å². The summed E-state index contributed by atoms with van der Waals surface area (Å²) in [6.07, 6.45) is 10.0. The fraction of sp³-hybridized carbons (Fsp3) is 0.167. The van der Waals surface area contributed by atoms with Crippen molar-refractivity contribution in [1.29, 1.82) is 0 Å². The molecule has 0 atom stereocenters. The zero-order chi connectivity index (χ0) is 5.11. The van der Waals surface area contributed by atoms with E-state index in [0.29, 0.717) is 5.25 Å². The minimum Gasteiger partial charge on any atom is -0.140 e. The molecular weight excluding hydrogens is 104 g/mol. The summed E-state index contributed by atoms with van der Waals surface area (Å²) in [5.74, 6) is 0. The lowest BCUT2D eigenvalue weighted by molar-refractivity contribution is 1.37. The average molecular weight is 111 g/mol. The van der Waals surface area contributed by atoms with Crippen LogP contribution in [0.4, 0.5) is 0 Å². The molecule has 0 N–H and O–H groups in total. The Hall–Kier alpha value is -0.300. The first-order valence-electron chi connectivity index (χ1n) is 2.26. The quantitative estimate of drug-likeness (QED) is 0.356. The summed E-state index contributed by atoms with van der Waals surface area (Å²) in [5.41, 5.74) is 0. The Morgan fingerprint density at radius 3 is 2.14 bits per heavy atom. The van der Waals surface area contributed by atoms with Crippen molar-refractivity contribution in [2.75, 3.05) is 0 Å². The summed E-state index contributed by atoms with van der Waals surface area (Å²) >= 11 is 4.17. The molecule has 0 amide bonds. The number of rotatable bonds is 0. The minimum absolute atomic E-state index is 0.338.